The van der Waals surface area contributed by atoms with Crippen molar-refractivity contribution in [2.45, 2.75) is 13.5 Å². The van der Waals surface area contributed by atoms with Crippen molar-refractivity contribution in [1.82, 2.24) is 4.98 Å². The van der Waals surface area contributed by atoms with Gasteiger partial charge in [0.25, 0.3) is 0 Å². The molecular formula is C13H12ClIN2. The minimum Gasteiger partial charge on any atom is -0.378 e. The first-order valence-electron chi connectivity index (χ1n) is 5.26. The Kier molecular flexibility index (Phi) is 4.23. The number of hydrogen-bond donors (Lipinski definition) is 1. The number of halogens is 2. The molecule has 0 saturated carbocycles. The Hall–Kier alpha value is -0.810. The van der Waals surface area contributed by atoms with E-state index in [1.807, 2.05) is 24.3 Å². The van der Waals surface area contributed by atoms with Crippen molar-refractivity contribution in [2.24, 2.45) is 0 Å². The van der Waals surface area contributed by atoms with Gasteiger partial charge in [0.1, 0.15) is 0 Å². The summed E-state index contributed by atoms with van der Waals surface area (Å²) in [6.45, 7) is 2.74. The minimum atomic E-state index is 0.687. The number of benzene rings is 1. The SMILES string of the molecule is Cc1cccnc1CNc1ccc(I)cc1Cl. The van der Waals surface area contributed by atoms with Gasteiger partial charge in [-0.2, -0.15) is 0 Å². The molecule has 1 N–H and O–H groups in total. The van der Waals surface area contributed by atoms with Gasteiger partial charge in [0.05, 0.1) is 22.9 Å². The molecule has 1 heterocycles. The molecule has 0 amide bonds. The highest BCUT2D eigenvalue weighted by molar-refractivity contribution is 14.1. The normalized spacial score (nSPS) is 10.3. The number of nitrogens with zero attached hydrogens (tertiary/aromatic N) is 1. The average Bonchev–Trinajstić information content (AvgIpc) is 2.30. The van der Waals surface area contributed by atoms with Crippen molar-refractivity contribution in [2.75, 3.05) is 5.32 Å². The smallest absolute Gasteiger partial charge is 0.0648 e. The Labute approximate surface area is 120 Å². The van der Waals surface area contributed by atoms with Gasteiger partial charge in [0.15, 0.2) is 0 Å². The summed E-state index contributed by atoms with van der Waals surface area (Å²) in [5, 5.41) is 4.04. The zero-order chi connectivity index (χ0) is 12.3. The zero-order valence-corrected chi connectivity index (χ0v) is 12.3. The number of nitrogens with one attached hydrogen (secondary N) is 1. The Morgan fingerprint density at radius 1 is 1.35 bits per heavy atom. The summed E-state index contributed by atoms with van der Waals surface area (Å²) in [5.41, 5.74) is 3.17. The van der Waals surface area contributed by atoms with E-state index >= 15 is 0 Å². The summed E-state index contributed by atoms with van der Waals surface area (Å²) in [4.78, 5) is 4.33. The van der Waals surface area contributed by atoms with Gasteiger partial charge in [-0.25, -0.2) is 0 Å². The largest absolute Gasteiger partial charge is 0.378 e. The van der Waals surface area contributed by atoms with E-state index in [2.05, 4.69) is 45.9 Å². The van der Waals surface area contributed by atoms with Gasteiger partial charge in [-0.1, -0.05) is 17.7 Å². The second kappa shape index (κ2) is 5.69. The predicted octanol–water partition coefficient (Wildman–Crippen LogP) is 4.26. The van der Waals surface area contributed by atoms with Crippen LogP contribution in [-0.2, 0) is 6.54 Å². The van der Waals surface area contributed by atoms with Gasteiger partial charge >= 0.3 is 0 Å². The first kappa shape index (κ1) is 12.6. The van der Waals surface area contributed by atoms with E-state index < -0.39 is 0 Å². The van der Waals surface area contributed by atoms with Gasteiger partial charge in [-0.05, 0) is 59.3 Å². The lowest BCUT2D eigenvalue weighted by Crippen LogP contribution is -2.03. The number of rotatable bonds is 3. The molecule has 0 aliphatic carbocycles. The third-order valence-electron chi connectivity index (χ3n) is 2.50. The van der Waals surface area contributed by atoms with Crippen molar-refractivity contribution in [3.63, 3.8) is 0 Å². The molecule has 2 rings (SSSR count). The quantitative estimate of drug-likeness (QED) is 0.829. The van der Waals surface area contributed by atoms with E-state index in [1.165, 1.54) is 5.56 Å². The Bertz CT molecular complexity index is 529. The second-order valence-electron chi connectivity index (χ2n) is 3.74. The fourth-order valence-corrected chi connectivity index (χ4v) is 2.44. The van der Waals surface area contributed by atoms with Crippen LogP contribution in [0.25, 0.3) is 0 Å². The molecule has 1 aromatic carbocycles. The van der Waals surface area contributed by atoms with Crippen LogP contribution >= 0.6 is 34.2 Å². The van der Waals surface area contributed by atoms with Crippen molar-refractivity contribution >= 4 is 39.9 Å². The van der Waals surface area contributed by atoms with E-state index in [0.29, 0.717) is 6.54 Å². The maximum absolute atomic E-state index is 6.15. The van der Waals surface area contributed by atoms with Crippen LogP contribution in [0.4, 0.5) is 5.69 Å². The Morgan fingerprint density at radius 3 is 2.88 bits per heavy atom. The summed E-state index contributed by atoms with van der Waals surface area (Å²) in [6.07, 6.45) is 1.81. The molecule has 0 spiro atoms. The lowest BCUT2D eigenvalue weighted by Gasteiger charge is -2.09. The monoisotopic (exact) mass is 358 g/mol. The van der Waals surface area contributed by atoms with Crippen LogP contribution in [0, 0.1) is 10.5 Å². The molecule has 88 valence electrons. The number of hydrogen-bond acceptors (Lipinski definition) is 2. The molecule has 0 unspecified atom stereocenters. The van der Waals surface area contributed by atoms with Crippen molar-refractivity contribution < 1.29 is 0 Å². The minimum absolute atomic E-state index is 0.687. The predicted molar refractivity (Wildman–Crippen MR) is 80.5 cm³/mol. The molecule has 0 aliphatic heterocycles. The van der Waals surface area contributed by atoms with Gasteiger partial charge in [0.2, 0.25) is 0 Å². The lowest BCUT2D eigenvalue weighted by atomic mass is 10.2. The maximum Gasteiger partial charge on any atom is 0.0648 e. The van der Waals surface area contributed by atoms with Crippen molar-refractivity contribution in [3.05, 3.63) is 56.4 Å². The highest BCUT2D eigenvalue weighted by Gasteiger charge is 2.02. The van der Waals surface area contributed by atoms with E-state index in [1.54, 1.807) is 6.20 Å². The van der Waals surface area contributed by atoms with Crippen molar-refractivity contribution in [1.29, 1.82) is 0 Å². The van der Waals surface area contributed by atoms with Crippen LogP contribution in [0.3, 0.4) is 0 Å². The molecule has 0 saturated heterocycles. The van der Waals surface area contributed by atoms with Crippen LogP contribution in [0.5, 0.6) is 0 Å². The van der Waals surface area contributed by atoms with Gasteiger partial charge < -0.3 is 5.32 Å². The third kappa shape index (κ3) is 3.33. The fourth-order valence-electron chi connectivity index (χ4n) is 1.52. The van der Waals surface area contributed by atoms with Gasteiger partial charge in [0, 0.05) is 9.77 Å². The third-order valence-corrected chi connectivity index (χ3v) is 3.48. The molecule has 1 aromatic heterocycles. The standard InChI is InChI=1S/C13H12ClIN2/c1-9-3-2-6-16-13(9)8-17-12-5-4-10(15)7-11(12)14/h2-7,17H,8H2,1H3. The number of aromatic nitrogens is 1. The number of aryl methyl sites for hydroxylation is 1. The van der Waals surface area contributed by atoms with Gasteiger partial charge in [-0.3, -0.25) is 4.98 Å². The summed E-state index contributed by atoms with van der Waals surface area (Å²) in [6, 6.07) is 9.95. The van der Waals surface area contributed by atoms with E-state index in [0.717, 1.165) is 20.0 Å². The number of anilines is 1. The Morgan fingerprint density at radius 2 is 2.18 bits per heavy atom. The summed E-state index contributed by atoms with van der Waals surface area (Å²) in [7, 11) is 0. The maximum atomic E-state index is 6.15. The lowest BCUT2D eigenvalue weighted by molar-refractivity contribution is 1.02. The van der Waals surface area contributed by atoms with E-state index in [4.69, 9.17) is 11.6 Å². The Balaban J connectivity index is 2.10. The molecule has 0 bridgehead atoms. The zero-order valence-electron chi connectivity index (χ0n) is 9.37. The molecule has 0 aliphatic rings. The second-order valence-corrected chi connectivity index (χ2v) is 5.40. The van der Waals surface area contributed by atoms with E-state index in [9.17, 15) is 0 Å². The highest BCUT2D eigenvalue weighted by atomic mass is 127. The van der Waals surface area contributed by atoms with Crippen LogP contribution < -0.4 is 5.32 Å². The first-order valence-corrected chi connectivity index (χ1v) is 6.72. The summed E-state index contributed by atoms with van der Waals surface area (Å²) >= 11 is 8.39. The van der Waals surface area contributed by atoms with Crippen LogP contribution in [0.15, 0.2) is 36.5 Å². The fraction of sp³-hybridized carbons (Fsp3) is 0.154. The molecular weight excluding hydrogens is 347 g/mol. The first-order chi connectivity index (χ1) is 8.16. The molecule has 17 heavy (non-hydrogen) atoms. The topological polar surface area (TPSA) is 24.9 Å². The summed E-state index contributed by atoms with van der Waals surface area (Å²) in [5.74, 6) is 0. The number of pyridine rings is 1. The molecule has 0 radical (unpaired) electrons. The molecule has 4 heteroatoms. The van der Waals surface area contributed by atoms with Crippen LogP contribution in [-0.4, -0.2) is 4.98 Å². The van der Waals surface area contributed by atoms with Crippen LogP contribution in [0.1, 0.15) is 11.3 Å². The molecule has 0 atom stereocenters. The summed E-state index contributed by atoms with van der Waals surface area (Å²) < 4.78 is 1.13. The molecule has 2 nitrogen and oxygen atoms in total. The van der Waals surface area contributed by atoms with Crippen LogP contribution in [0.2, 0.25) is 5.02 Å². The molecule has 0 fully saturated rings. The highest BCUT2D eigenvalue weighted by Crippen LogP contribution is 2.24. The molecule has 2 aromatic rings. The van der Waals surface area contributed by atoms with Gasteiger partial charge in [-0.15, -0.1) is 0 Å². The van der Waals surface area contributed by atoms with E-state index in [-0.39, 0.29) is 0 Å². The average molecular weight is 359 g/mol. The van der Waals surface area contributed by atoms with Crippen molar-refractivity contribution in [3.8, 4) is 0 Å².